The first-order valence-electron chi connectivity index (χ1n) is 13.4. The molecule has 11 heteroatoms. The lowest BCUT2D eigenvalue weighted by Crippen LogP contribution is -2.46. The maximum atomic E-state index is 13.5. The van der Waals surface area contributed by atoms with Crippen LogP contribution < -0.4 is 4.74 Å². The maximum Gasteiger partial charge on any atom is 0.243 e. The molecular weight excluding hydrogens is 516 g/mol. The molecule has 3 rings (SSSR count). The Balaban J connectivity index is 1.71. The summed E-state index contributed by atoms with van der Waals surface area (Å²) in [6, 6.07) is 6.18. The molecule has 212 valence electrons. The Morgan fingerprint density at radius 3 is 2.24 bits per heavy atom. The van der Waals surface area contributed by atoms with Crippen LogP contribution in [0.4, 0.5) is 0 Å². The Kier molecular flexibility index (Phi) is 11.2. The normalized spacial score (nSPS) is 20.7. The molecule has 2 aliphatic rings. The van der Waals surface area contributed by atoms with Crippen molar-refractivity contribution in [3.63, 3.8) is 0 Å². The van der Waals surface area contributed by atoms with Gasteiger partial charge in [-0.25, -0.2) is 21.1 Å². The summed E-state index contributed by atoms with van der Waals surface area (Å²) in [5.74, 6) is 0.927. The van der Waals surface area contributed by atoms with E-state index < -0.39 is 31.4 Å². The van der Waals surface area contributed by atoms with E-state index >= 15 is 0 Å². The van der Waals surface area contributed by atoms with Crippen molar-refractivity contribution in [2.45, 2.75) is 75.0 Å². The Morgan fingerprint density at radius 2 is 1.68 bits per heavy atom. The van der Waals surface area contributed by atoms with Gasteiger partial charge in [0.15, 0.2) is 0 Å². The van der Waals surface area contributed by atoms with Gasteiger partial charge >= 0.3 is 0 Å². The first kappa shape index (κ1) is 30.3. The lowest BCUT2D eigenvalue weighted by Gasteiger charge is -2.32. The van der Waals surface area contributed by atoms with E-state index in [4.69, 9.17) is 9.47 Å². The molecule has 1 aliphatic carbocycles. The summed E-state index contributed by atoms with van der Waals surface area (Å²) in [6.07, 6.45) is 4.70. The Bertz CT molecular complexity index is 1030. The number of rotatable bonds is 14. The van der Waals surface area contributed by atoms with Crippen LogP contribution in [0.2, 0.25) is 0 Å². The summed E-state index contributed by atoms with van der Waals surface area (Å²) in [6.45, 7) is 5.39. The summed E-state index contributed by atoms with van der Waals surface area (Å²) < 4.78 is 67.2. The summed E-state index contributed by atoms with van der Waals surface area (Å²) in [5.41, 5.74) is 0. The standard InChI is InChI=1S/C26H44N2O7S2/c1-21(2)17-28(36(30,31)25-12-10-24(34-3)11-13-25)19-23(29)14-15-27(18-22-7-4-5-8-22)37(32,33)26-9-6-16-35-20-26/h10-13,21-23,26,29H,4-9,14-20H2,1-3H3/t23-,26?/m0/s1. The molecule has 1 N–H and O–H groups in total. The van der Waals surface area contributed by atoms with Crippen molar-refractivity contribution < 1.29 is 31.4 Å². The fourth-order valence-electron chi connectivity index (χ4n) is 5.15. The molecule has 0 radical (unpaired) electrons. The van der Waals surface area contributed by atoms with Crippen molar-refractivity contribution in [3.05, 3.63) is 24.3 Å². The highest BCUT2D eigenvalue weighted by Gasteiger charge is 2.36. The number of sulfonamides is 2. The predicted molar refractivity (Wildman–Crippen MR) is 144 cm³/mol. The molecule has 1 aromatic rings. The minimum Gasteiger partial charge on any atom is -0.497 e. The van der Waals surface area contributed by atoms with Crippen LogP contribution in [-0.2, 0) is 24.8 Å². The average molecular weight is 561 g/mol. The second-order valence-corrected chi connectivity index (χ2v) is 14.9. The fraction of sp³-hybridized carbons (Fsp3) is 0.769. The molecule has 0 spiro atoms. The molecule has 1 saturated carbocycles. The lowest BCUT2D eigenvalue weighted by atomic mass is 10.1. The summed E-state index contributed by atoms with van der Waals surface area (Å²) >= 11 is 0. The second-order valence-electron chi connectivity index (χ2n) is 10.7. The minimum absolute atomic E-state index is 0.0470. The van der Waals surface area contributed by atoms with Gasteiger partial charge in [0.2, 0.25) is 20.0 Å². The first-order valence-corrected chi connectivity index (χ1v) is 16.4. The van der Waals surface area contributed by atoms with Crippen molar-refractivity contribution in [2.24, 2.45) is 11.8 Å². The van der Waals surface area contributed by atoms with Crippen molar-refractivity contribution in [2.75, 3.05) is 46.5 Å². The molecule has 0 bridgehead atoms. The van der Waals surface area contributed by atoms with E-state index in [1.807, 2.05) is 13.8 Å². The number of nitrogens with zero attached hydrogens (tertiary/aromatic N) is 2. The Labute approximate surface area is 223 Å². The van der Waals surface area contributed by atoms with Crippen LogP contribution in [0.3, 0.4) is 0 Å². The first-order chi connectivity index (χ1) is 17.5. The molecule has 9 nitrogen and oxygen atoms in total. The minimum atomic E-state index is -3.85. The third-order valence-electron chi connectivity index (χ3n) is 7.23. The van der Waals surface area contributed by atoms with Gasteiger partial charge in [0.1, 0.15) is 5.75 Å². The van der Waals surface area contributed by atoms with Gasteiger partial charge in [0.25, 0.3) is 0 Å². The van der Waals surface area contributed by atoms with Crippen LogP contribution in [-0.4, -0.2) is 88.4 Å². The Morgan fingerprint density at radius 1 is 1.00 bits per heavy atom. The van der Waals surface area contributed by atoms with Crippen LogP contribution in [0, 0.1) is 11.8 Å². The van der Waals surface area contributed by atoms with Gasteiger partial charge in [-0.05, 0) is 68.2 Å². The molecule has 1 aromatic carbocycles. The predicted octanol–water partition coefficient (Wildman–Crippen LogP) is 3.09. The van der Waals surface area contributed by atoms with Crippen molar-refractivity contribution in [1.29, 1.82) is 0 Å². The number of aliphatic hydroxyl groups excluding tert-OH is 1. The van der Waals surface area contributed by atoms with Crippen molar-refractivity contribution >= 4 is 20.0 Å². The van der Waals surface area contributed by atoms with Crippen LogP contribution >= 0.6 is 0 Å². The number of aliphatic hydroxyl groups is 1. The van der Waals surface area contributed by atoms with Gasteiger partial charge in [0, 0.05) is 32.8 Å². The molecule has 0 aromatic heterocycles. The van der Waals surface area contributed by atoms with Gasteiger partial charge in [-0.15, -0.1) is 0 Å². The molecule has 1 unspecified atom stereocenters. The fourth-order valence-corrected chi connectivity index (χ4v) is 8.73. The second kappa shape index (κ2) is 13.7. The zero-order valence-electron chi connectivity index (χ0n) is 22.4. The average Bonchev–Trinajstić information content (AvgIpc) is 3.39. The number of methoxy groups -OCH3 is 1. The van der Waals surface area contributed by atoms with E-state index in [9.17, 15) is 21.9 Å². The van der Waals surface area contributed by atoms with Crippen LogP contribution in [0.5, 0.6) is 5.75 Å². The topological polar surface area (TPSA) is 113 Å². The quantitative estimate of drug-likeness (QED) is 0.372. The zero-order chi connectivity index (χ0) is 27.1. The zero-order valence-corrected chi connectivity index (χ0v) is 24.1. The SMILES string of the molecule is COc1ccc(S(=O)(=O)N(CC(C)C)C[C@@H](O)CCN(CC2CCCC2)S(=O)(=O)C2CCCOC2)cc1. The van der Waals surface area contributed by atoms with Crippen LogP contribution in [0.15, 0.2) is 29.2 Å². The summed E-state index contributed by atoms with van der Waals surface area (Å²) in [7, 11) is -5.91. The summed E-state index contributed by atoms with van der Waals surface area (Å²) in [4.78, 5) is 0.129. The van der Waals surface area contributed by atoms with E-state index in [0.29, 0.717) is 31.2 Å². The van der Waals surface area contributed by atoms with E-state index in [-0.39, 0.29) is 43.5 Å². The molecule has 1 saturated heterocycles. The van der Waals surface area contributed by atoms with E-state index in [1.165, 1.54) is 27.9 Å². The highest BCUT2D eigenvalue weighted by atomic mass is 32.2. The maximum absolute atomic E-state index is 13.5. The van der Waals surface area contributed by atoms with E-state index in [1.54, 1.807) is 12.1 Å². The lowest BCUT2D eigenvalue weighted by molar-refractivity contribution is 0.0962. The number of hydrogen-bond donors (Lipinski definition) is 1. The third kappa shape index (κ3) is 8.37. The molecule has 2 atom stereocenters. The highest BCUT2D eigenvalue weighted by Crippen LogP contribution is 2.29. The van der Waals surface area contributed by atoms with Gasteiger partial charge < -0.3 is 14.6 Å². The largest absolute Gasteiger partial charge is 0.497 e. The van der Waals surface area contributed by atoms with Gasteiger partial charge in [-0.2, -0.15) is 4.31 Å². The molecular formula is C26H44N2O7S2. The number of ether oxygens (including phenoxy) is 2. The van der Waals surface area contributed by atoms with E-state index in [0.717, 1.165) is 32.1 Å². The number of benzene rings is 1. The van der Waals surface area contributed by atoms with Gasteiger partial charge in [0.05, 0.1) is 30.0 Å². The Hall–Kier alpha value is -1.24. The van der Waals surface area contributed by atoms with Gasteiger partial charge in [-0.1, -0.05) is 26.7 Å². The molecule has 2 fully saturated rings. The van der Waals surface area contributed by atoms with Gasteiger partial charge in [-0.3, -0.25) is 0 Å². The van der Waals surface area contributed by atoms with Crippen LogP contribution in [0.25, 0.3) is 0 Å². The number of hydrogen-bond acceptors (Lipinski definition) is 7. The highest BCUT2D eigenvalue weighted by molar-refractivity contribution is 7.89. The molecule has 0 amide bonds. The molecule has 1 aliphatic heterocycles. The van der Waals surface area contributed by atoms with Crippen molar-refractivity contribution in [3.8, 4) is 5.75 Å². The van der Waals surface area contributed by atoms with Crippen LogP contribution in [0.1, 0.15) is 58.8 Å². The third-order valence-corrected chi connectivity index (χ3v) is 11.3. The monoisotopic (exact) mass is 560 g/mol. The van der Waals surface area contributed by atoms with E-state index in [2.05, 4.69) is 0 Å². The smallest absolute Gasteiger partial charge is 0.243 e. The van der Waals surface area contributed by atoms with Crippen molar-refractivity contribution in [1.82, 2.24) is 8.61 Å². The summed E-state index contributed by atoms with van der Waals surface area (Å²) in [5, 5.41) is 10.4. The molecule has 1 heterocycles. The molecule has 37 heavy (non-hydrogen) atoms.